The number of sulfone groups is 1. The van der Waals surface area contributed by atoms with Gasteiger partial charge in [0.1, 0.15) is 0 Å². The third-order valence-corrected chi connectivity index (χ3v) is 3.87. The maximum absolute atomic E-state index is 11.3. The fraction of sp³-hybridized carbons (Fsp3) is 0.462. The molecule has 0 radical (unpaired) electrons. The van der Waals surface area contributed by atoms with E-state index in [1.54, 1.807) is 24.3 Å². The molecule has 0 aliphatic heterocycles. The van der Waals surface area contributed by atoms with Gasteiger partial charge in [0.25, 0.3) is 0 Å². The molecule has 5 nitrogen and oxygen atoms in total. The summed E-state index contributed by atoms with van der Waals surface area (Å²) in [6, 6.07) is 6.47. The zero-order chi connectivity index (χ0) is 15.0. The molecule has 1 aromatic carbocycles. The summed E-state index contributed by atoms with van der Waals surface area (Å²) in [5, 5.41) is 6.56. The molecular weight excluding hydrogens is 296 g/mol. The van der Waals surface area contributed by atoms with Gasteiger partial charge in [0.15, 0.2) is 14.9 Å². The molecule has 0 bridgehead atoms. The van der Waals surface area contributed by atoms with E-state index in [1.807, 2.05) is 6.92 Å². The van der Waals surface area contributed by atoms with Crippen molar-refractivity contribution >= 4 is 32.9 Å². The van der Waals surface area contributed by atoms with Crippen molar-refractivity contribution in [3.05, 3.63) is 24.3 Å². The normalized spacial score (nSPS) is 11.1. The summed E-state index contributed by atoms with van der Waals surface area (Å²) in [5.41, 5.74) is 0.750. The molecule has 112 valence electrons. The molecule has 0 spiro atoms. The Morgan fingerprint density at radius 3 is 2.50 bits per heavy atom. The first-order valence-corrected chi connectivity index (χ1v) is 8.66. The predicted molar refractivity (Wildman–Crippen MR) is 84.9 cm³/mol. The number of rotatable bonds is 7. The van der Waals surface area contributed by atoms with Gasteiger partial charge in [0.2, 0.25) is 0 Å². The van der Waals surface area contributed by atoms with Gasteiger partial charge in [-0.1, -0.05) is 0 Å². The van der Waals surface area contributed by atoms with E-state index in [9.17, 15) is 8.42 Å². The Balaban J connectivity index is 2.39. The molecule has 0 fully saturated rings. The smallest absolute Gasteiger partial charge is 0.175 e. The van der Waals surface area contributed by atoms with Crippen molar-refractivity contribution in [3.63, 3.8) is 0 Å². The van der Waals surface area contributed by atoms with Crippen molar-refractivity contribution in [1.82, 2.24) is 5.32 Å². The zero-order valence-electron chi connectivity index (χ0n) is 11.7. The summed E-state index contributed by atoms with van der Waals surface area (Å²) in [6.07, 6.45) is 2.06. The Bertz CT molecular complexity index is 527. The number of nitrogens with one attached hydrogen (secondary N) is 2. The standard InChI is InChI=1S/C13H20N2O3S2/c1-3-18-10-4-9-14-13(19)15-11-5-7-12(8-6-11)20(2,16)17/h5-8H,3-4,9-10H2,1-2H3,(H2,14,15,19). The lowest BCUT2D eigenvalue weighted by molar-refractivity contribution is 0.146. The fourth-order valence-electron chi connectivity index (χ4n) is 1.48. The van der Waals surface area contributed by atoms with Crippen molar-refractivity contribution < 1.29 is 13.2 Å². The van der Waals surface area contributed by atoms with Crippen molar-refractivity contribution in [2.45, 2.75) is 18.2 Å². The van der Waals surface area contributed by atoms with Gasteiger partial charge in [0, 0.05) is 31.7 Å². The molecular formula is C13H20N2O3S2. The van der Waals surface area contributed by atoms with Gasteiger partial charge in [-0.15, -0.1) is 0 Å². The van der Waals surface area contributed by atoms with E-state index < -0.39 is 9.84 Å². The van der Waals surface area contributed by atoms with Crippen LogP contribution in [0.2, 0.25) is 0 Å². The van der Waals surface area contributed by atoms with Crippen LogP contribution in [0.1, 0.15) is 13.3 Å². The number of hydrogen-bond acceptors (Lipinski definition) is 4. The van der Waals surface area contributed by atoms with Crippen LogP contribution < -0.4 is 10.6 Å². The summed E-state index contributed by atoms with van der Waals surface area (Å²) in [4.78, 5) is 0.290. The van der Waals surface area contributed by atoms with E-state index in [0.29, 0.717) is 16.6 Å². The highest BCUT2D eigenvalue weighted by atomic mass is 32.2. The fourth-order valence-corrected chi connectivity index (χ4v) is 2.33. The van der Waals surface area contributed by atoms with E-state index in [0.717, 1.165) is 25.3 Å². The second kappa shape index (κ2) is 8.18. The zero-order valence-corrected chi connectivity index (χ0v) is 13.3. The van der Waals surface area contributed by atoms with Crippen LogP contribution >= 0.6 is 12.2 Å². The second-order valence-corrected chi connectivity index (χ2v) is 6.65. The molecule has 0 atom stereocenters. The molecule has 0 aliphatic rings. The molecule has 0 heterocycles. The number of ether oxygens (including phenoxy) is 1. The topological polar surface area (TPSA) is 67.4 Å². The van der Waals surface area contributed by atoms with Gasteiger partial charge >= 0.3 is 0 Å². The minimum atomic E-state index is -3.16. The van der Waals surface area contributed by atoms with Crippen molar-refractivity contribution in [1.29, 1.82) is 0 Å². The Labute approximate surface area is 125 Å². The molecule has 0 saturated carbocycles. The SMILES string of the molecule is CCOCCCNC(=S)Nc1ccc(S(C)(=O)=O)cc1. The molecule has 1 rings (SSSR count). The average molecular weight is 316 g/mol. The Morgan fingerprint density at radius 2 is 1.95 bits per heavy atom. The van der Waals surface area contributed by atoms with Gasteiger partial charge in [-0.3, -0.25) is 0 Å². The highest BCUT2D eigenvalue weighted by Gasteiger charge is 2.06. The Hall–Kier alpha value is -1.18. The van der Waals surface area contributed by atoms with E-state index in [1.165, 1.54) is 6.26 Å². The quantitative estimate of drug-likeness (QED) is 0.591. The molecule has 20 heavy (non-hydrogen) atoms. The first kappa shape index (κ1) is 16.9. The van der Waals surface area contributed by atoms with Crippen LogP contribution in [0.3, 0.4) is 0 Å². The molecule has 7 heteroatoms. The number of anilines is 1. The summed E-state index contributed by atoms with van der Waals surface area (Å²) in [7, 11) is -3.16. The summed E-state index contributed by atoms with van der Waals surface area (Å²) >= 11 is 5.14. The van der Waals surface area contributed by atoms with E-state index >= 15 is 0 Å². The first-order chi connectivity index (χ1) is 9.43. The second-order valence-electron chi connectivity index (χ2n) is 4.23. The van der Waals surface area contributed by atoms with Crippen molar-refractivity contribution in [2.24, 2.45) is 0 Å². The van der Waals surface area contributed by atoms with Crippen molar-refractivity contribution in [2.75, 3.05) is 31.3 Å². The van der Waals surface area contributed by atoms with Gasteiger partial charge in [-0.05, 0) is 49.8 Å². The lowest BCUT2D eigenvalue weighted by atomic mass is 10.3. The van der Waals surface area contributed by atoms with Gasteiger partial charge in [-0.2, -0.15) is 0 Å². The van der Waals surface area contributed by atoms with Crippen LogP contribution in [0.15, 0.2) is 29.2 Å². The minimum Gasteiger partial charge on any atom is -0.382 e. The third-order valence-electron chi connectivity index (χ3n) is 2.50. The molecule has 0 amide bonds. The third kappa shape index (κ3) is 6.31. The highest BCUT2D eigenvalue weighted by Crippen LogP contribution is 2.13. The molecule has 1 aromatic rings. The van der Waals surface area contributed by atoms with E-state index in [4.69, 9.17) is 17.0 Å². The van der Waals surface area contributed by atoms with E-state index in [2.05, 4.69) is 10.6 Å². The van der Waals surface area contributed by atoms with Crippen LogP contribution in [0.5, 0.6) is 0 Å². The predicted octanol–water partition coefficient (Wildman–Crippen LogP) is 1.80. The summed E-state index contributed by atoms with van der Waals surface area (Å²) in [6.45, 7) is 4.11. The summed E-state index contributed by atoms with van der Waals surface area (Å²) in [5.74, 6) is 0. The van der Waals surface area contributed by atoms with E-state index in [-0.39, 0.29) is 0 Å². The maximum Gasteiger partial charge on any atom is 0.175 e. The van der Waals surface area contributed by atoms with Gasteiger partial charge in [0.05, 0.1) is 4.90 Å². The maximum atomic E-state index is 11.3. The van der Waals surface area contributed by atoms with Crippen molar-refractivity contribution in [3.8, 4) is 0 Å². The van der Waals surface area contributed by atoms with Gasteiger partial charge in [-0.25, -0.2) is 8.42 Å². The van der Waals surface area contributed by atoms with Gasteiger partial charge < -0.3 is 15.4 Å². The molecule has 0 aromatic heterocycles. The minimum absolute atomic E-state index is 0.290. The Morgan fingerprint density at radius 1 is 1.30 bits per heavy atom. The lowest BCUT2D eigenvalue weighted by Crippen LogP contribution is -2.29. The molecule has 0 unspecified atom stereocenters. The molecule has 0 saturated heterocycles. The van der Waals surface area contributed by atoms with Crippen LogP contribution in [0, 0.1) is 0 Å². The Kier molecular flexibility index (Phi) is 6.90. The van der Waals surface area contributed by atoms with Crippen LogP contribution in [-0.4, -0.2) is 39.5 Å². The lowest BCUT2D eigenvalue weighted by Gasteiger charge is -2.10. The van der Waals surface area contributed by atoms with Crippen LogP contribution in [-0.2, 0) is 14.6 Å². The largest absolute Gasteiger partial charge is 0.382 e. The molecule has 0 aliphatic carbocycles. The average Bonchev–Trinajstić information content (AvgIpc) is 2.38. The molecule has 2 N–H and O–H groups in total. The number of hydrogen-bond donors (Lipinski definition) is 2. The number of thiocarbonyl (C=S) groups is 1. The number of benzene rings is 1. The highest BCUT2D eigenvalue weighted by molar-refractivity contribution is 7.90. The van der Waals surface area contributed by atoms with Crippen LogP contribution in [0.25, 0.3) is 0 Å². The van der Waals surface area contributed by atoms with Crippen LogP contribution in [0.4, 0.5) is 5.69 Å². The monoisotopic (exact) mass is 316 g/mol. The summed E-state index contributed by atoms with van der Waals surface area (Å²) < 4.78 is 27.9. The first-order valence-electron chi connectivity index (χ1n) is 6.36.